The Bertz CT molecular complexity index is 782. The summed E-state index contributed by atoms with van der Waals surface area (Å²) < 4.78 is 18.6. The molecule has 0 aliphatic rings. The number of anilines is 1. The number of hydrogen-bond acceptors (Lipinski definition) is 3. The second-order valence-corrected chi connectivity index (χ2v) is 5.47. The van der Waals surface area contributed by atoms with E-state index < -0.39 is 11.7 Å². The van der Waals surface area contributed by atoms with Crippen molar-refractivity contribution in [2.45, 2.75) is 13.8 Å². The number of halogens is 1. The molecular formula is C19H18FNO3. The zero-order chi connectivity index (χ0) is 17.7. The number of rotatable bonds is 6. The number of carbonyl (C=O) groups excluding carboxylic acids is 2. The molecule has 0 spiro atoms. The van der Waals surface area contributed by atoms with Gasteiger partial charge < -0.3 is 10.1 Å². The van der Waals surface area contributed by atoms with Gasteiger partial charge in [-0.05, 0) is 61.9 Å². The standard InChI is InChI=1S/C19H18FNO3/c1-12(2)11-24-18-9-6-15(13(3)22)10-17(18)21-19(23)14-4-7-16(20)8-5-14/h4-10H,1,11H2,2-3H3,(H,21,23). The summed E-state index contributed by atoms with van der Waals surface area (Å²) in [6.45, 7) is 7.31. The molecule has 2 rings (SSSR count). The number of hydrogen-bond donors (Lipinski definition) is 1. The number of amides is 1. The zero-order valence-electron chi connectivity index (χ0n) is 13.6. The summed E-state index contributed by atoms with van der Waals surface area (Å²) in [4.78, 5) is 23.9. The third-order valence-electron chi connectivity index (χ3n) is 3.21. The summed E-state index contributed by atoms with van der Waals surface area (Å²) in [7, 11) is 0. The Morgan fingerprint density at radius 1 is 1.08 bits per heavy atom. The van der Waals surface area contributed by atoms with Gasteiger partial charge in [0.2, 0.25) is 0 Å². The van der Waals surface area contributed by atoms with Crippen LogP contribution in [0.4, 0.5) is 10.1 Å². The van der Waals surface area contributed by atoms with Gasteiger partial charge in [-0.3, -0.25) is 9.59 Å². The lowest BCUT2D eigenvalue weighted by atomic mass is 10.1. The number of carbonyl (C=O) groups is 2. The average molecular weight is 327 g/mol. The van der Waals surface area contributed by atoms with Crippen LogP contribution in [0, 0.1) is 5.82 Å². The predicted octanol–water partition coefficient (Wildman–Crippen LogP) is 4.24. The van der Waals surface area contributed by atoms with Crippen molar-refractivity contribution in [1.82, 2.24) is 0 Å². The highest BCUT2D eigenvalue weighted by molar-refractivity contribution is 6.06. The minimum atomic E-state index is -0.421. The lowest BCUT2D eigenvalue weighted by molar-refractivity contribution is 0.101. The molecule has 124 valence electrons. The summed E-state index contributed by atoms with van der Waals surface area (Å²) >= 11 is 0. The highest BCUT2D eigenvalue weighted by Crippen LogP contribution is 2.27. The van der Waals surface area contributed by atoms with E-state index in [1.165, 1.54) is 31.2 Å². The molecule has 0 fully saturated rings. The van der Waals surface area contributed by atoms with Gasteiger partial charge in [-0.1, -0.05) is 6.58 Å². The summed E-state index contributed by atoms with van der Waals surface area (Å²) in [6, 6.07) is 9.99. The van der Waals surface area contributed by atoms with Crippen LogP contribution in [0.25, 0.3) is 0 Å². The van der Waals surface area contributed by atoms with Crippen LogP contribution in [0.1, 0.15) is 34.6 Å². The third-order valence-corrected chi connectivity index (χ3v) is 3.21. The monoisotopic (exact) mass is 327 g/mol. The molecule has 0 unspecified atom stereocenters. The molecule has 0 heterocycles. The van der Waals surface area contributed by atoms with Crippen molar-refractivity contribution < 1.29 is 18.7 Å². The van der Waals surface area contributed by atoms with E-state index in [2.05, 4.69) is 11.9 Å². The molecule has 0 saturated carbocycles. The Kier molecular flexibility index (Phi) is 5.47. The van der Waals surface area contributed by atoms with E-state index in [0.29, 0.717) is 29.2 Å². The molecule has 0 aliphatic carbocycles. The van der Waals surface area contributed by atoms with Crippen LogP contribution < -0.4 is 10.1 Å². The van der Waals surface area contributed by atoms with Gasteiger partial charge in [0, 0.05) is 11.1 Å². The minimum absolute atomic E-state index is 0.126. The van der Waals surface area contributed by atoms with Crippen molar-refractivity contribution in [3.05, 3.63) is 71.6 Å². The first-order valence-electron chi connectivity index (χ1n) is 7.36. The molecule has 0 atom stereocenters. The highest BCUT2D eigenvalue weighted by atomic mass is 19.1. The average Bonchev–Trinajstić information content (AvgIpc) is 2.53. The van der Waals surface area contributed by atoms with Crippen LogP contribution >= 0.6 is 0 Å². The molecule has 0 radical (unpaired) electrons. The maximum atomic E-state index is 13.0. The van der Waals surface area contributed by atoms with Crippen LogP contribution in [-0.4, -0.2) is 18.3 Å². The summed E-state index contributed by atoms with van der Waals surface area (Å²) in [5.41, 5.74) is 1.95. The fourth-order valence-corrected chi connectivity index (χ4v) is 1.97. The molecule has 24 heavy (non-hydrogen) atoms. The molecule has 5 heteroatoms. The van der Waals surface area contributed by atoms with Crippen molar-refractivity contribution in [2.75, 3.05) is 11.9 Å². The maximum absolute atomic E-state index is 13.0. The largest absolute Gasteiger partial charge is 0.487 e. The smallest absolute Gasteiger partial charge is 0.255 e. The summed E-state index contributed by atoms with van der Waals surface area (Å²) in [5, 5.41) is 2.70. The second-order valence-electron chi connectivity index (χ2n) is 5.47. The Morgan fingerprint density at radius 3 is 2.29 bits per heavy atom. The van der Waals surface area contributed by atoms with Crippen LogP contribution in [0.15, 0.2) is 54.6 Å². The van der Waals surface area contributed by atoms with E-state index in [0.717, 1.165) is 5.57 Å². The topological polar surface area (TPSA) is 55.4 Å². The fourth-order valence-electron chi connectivity index (χ4n) is 1.97. The van der Waals surface area contributed by atoms with Crippen molar-refractivity contribution in [1.29, 1.82) is 0 Å². The Morgan fingerprint density at radius 2 is 1.71 bits per heavy atom. The Balaban J connectivity index is 2.29. The molecule has 1 N–H and O–H groups in total. The summed E-state index contributed by atoms with van der Waals surface area (Å²) in [6.07, 6.45) is 0. The molecule has 4 nitrogen and oxygen atoms in total. The molecule has 0 aromatic heterocycles. The molecule has 1 amide bonds. The van der Waals surface area contributed by atoms with E-state index >= 15 is 0 Å². The van der Waals surface area contributed by atoms with Gasteiger partial charge in [0.05, 0.1) is 5.69 Å². The van der Waals surface area contributed by atoms with E-state index in [4.69, 9.17) is 4.74 Å². The quantitative estimate of drug-likeness (QED) is 0.638. The SMILES string of the molecule is C=C(C)COc1ccc(C(C)=O)cc1NC(=O)c1ccc(F)cc1. The third kappa shape index (κ3) is 4.52. The number of nitrogens with one attached hydrogen (secondary N) is 1. The lowest BCUT2D eigenvalue weighted by Gasteiger charge is -2.14. The van der Waals surface area contributed by atoms with Crippen LogP contribution in [-0.2, 0) is 0 Å². The van der Waals surface area contributed by atoms with E-state index in [-0.39, 0.29) is 5.78 Å². The van der Waals surface area contributed by atoms with Crippen molar-refractivity contribution in [2.24, 2.45) is 0 Å². The first kappa shape index (κ1) is 17.4. The summed E-state index contributed by atoms with van der Waals surface area (Å²) in [5.74, 6) is -0.538. The van der Waals surface area contributed by atoms with Crippen molar-refractivity contribution in [3.8, 4) is 5.75 Å². The molecule has 0 bridgehead atoms. The Hall–Kier alpha value is -2.95. The first-order chi connectivity index (χ1) is 11.4. The second kappa shape index (κ2) is 7.55. The number of ketones is 1. The van der Waals surface area contributed by atoms with Crippen LogP contribution in [0.3, 0.4) is 0 Å². The minimum Gasteiger partial charge on any atom is -0.487 e. The normalized spacial score (nSPS) is 10.1. The molecular weight excluding hydrogens is 309 g/mol. The van der Waals surface area contributed by atoms with Gasteiger partial charge in [0.15, 0.2) is 5.78 Å². The first-order valence-corrected chi connectivity index (χ1v) is 7.36. The van der Waals surface area contributed by atoms with Crippen LogP contribution in [0.5, 0.6) is 5.75 Å². The van der Waals surface area contributed by atoms with Crippen molar-refractivity contribution >= 4 is 17.4 Å². The molecule has 2 aromatic rings. The fraction of sp³-hybridized carbons (Fsp3) is 0.158. The highest BCUT2D eigenvalue weighted by Gasteiger charge is 2.13. The zero-order valence-corrected chi connectivity index (χ0v) is 13.6. The van der Waals surface area contributed by atoms with Gasteiger partial charge >= 0.3 is 0 Å². The molecule has 0 saturated heterocycles. The molecule has 0 aliphatic heterocycles. The lowest BCUT2D eigenvalue weighted by Crippen LogP contribution is -2.14. The van der Waals surface area contributed by atoms with Gasteiger partial charge in [-0.2, -0.15) is 0 Å². The number of ether oxygens (including phenoxy) is 1. The van der Waals surface area contributed by atoms with E-state index in [1.807, 2.05) is 6.92 Å². The number of Topliss-reactive ketones (excluding diaryl/α,β-unsaturated/α-hetero) is 1. The Labute approximate surface area is 140 Å². The van der Waals surface area contributed by atoms with E-state index in [1.54, 1.807) is 18.2 Å². The van der Waals surface area contributed by atoms with E-state index in [9.17, 15) is 14.0 Å². The maximum Gasteiger partial charge on any atom is 0.255 e. The predicted molar refractivity (Wildman–Crippen MR) is 91.1 cm³/mol. The van der Waals surface area contributed by atoms with Crippen LogP contribution in [0.2, 0.25) is 0 Å². The van der Waals surface area contributed by atoms with Crippen molar-refractivity contribution in [3.63, 3.8) is 0 Å². The van der Waals surface area contributed by atoms with Gasteiger partial charge in [-0.15, -0.1) is 0 Å². The number of benzene rings is 2. The van der Waals surface area contributed by atoms with Gasteiger partial charge in [-0.25, -0.2) is 4.39 Å². The van der Waals surface area contributed by atoms with Gasteiger partial charge in [0.1, 0.15) is 18.2 Å². The molecule has 2 aromatic carbocycles. The van der Waals surface area contributed by atoms with Gasteiger partial charge in [0.25, 0.3) is 5.91 Å².